The molecule has 4 unspecified atom stereocenters. The van der Waals surface area contributed by atoms with Gasteiger partial charge >= 0.3 is 5.97 Å². The normalized spacial score (nSPS) is 46.0. The van der Waals surface area contributed by atoms with Crippen molar-refractivity contribution >= 4 is 5.97 Å². The second kappa shape index (κ2) is 2.71. The van der Waals surface area contributed by atoms with E-state index < -0.39 is 0 Å². The molecule has 0 amide bonds. The van der Waals surface area contributed by atoms with Crippen molar-refractivity contribution in [3.8, 4) is 0 Å². The van der Waals surface area contributed by atoms with Crippen molar-refractivity contribution in [2.45, 2.75) is 31.7 Å². The number of esters is 1. The summed E-state index contributed by atoms with van der Waals surface area (Å²) in [5.41, 5.74) is 0. The predicted molar refractivity (Wildman–Crippen MR) is 39.4 cm³/mol. The van der Waals surface area contributed by atoms with Crippen molar-refractivity contribution in [2.75, 3.05) is 6.61 Å². The second-order valence-electron chi connectivity index (χ2n) is 3.39. The third kappa shape index (κ3) is 1.03. The van der Waals surface area contributed by atoms with Gasteiger partial charge in [0.25, 0.3) is 0 Å². The van der Waals surface area contributed by atoms with E-state index in [1.54, 1.807) is 0 Å². The monoisotopic (exact) mass is 172 g/mol. The minimum Gasteiger partial charge on any atom is -0.460 e. The highest BCUT2D eigenvalue weighted by atomic mass is 16.6. The first-order valence-corrected chi connectivity index (χ1v) is 4.19. The van der Waals surface area contributed by atoms with Gasteiger partial charge in [0.1, 0.15) is 12.2 Å². The zero-order valence-corrected chi connectivity index (χ0v) is 6.90. The Balaban J connectivity index is 2.09. The third-order valence-corrected chi connectivity index (χ3v) is 2.53. The Morgan fingerprint density at radius 1 is 1.67 bits per heavy atom. The maximum absolute atomic E-state index is 11.1. The van der Waals surface area contributed by atoms with E-state index in [0.717, 1.165) is 0 Å². The Labute approximate surface area is 70.5 Å². The van der Waals surface area contributed by atoms with Crippen LogP contribution in [0.2, 0.25) is 0 Å². The first-order chi connectivity index (χ1) is 5.72. The van der Waals surface area contributed by atoms with E-state index >= 15 is 0 Å². The van der Waals surface area contributed by atoms with E-state index in [2.05, 4.69) is 0 Å². The molecule has 2 heterocycles. The largest absolute Gasteiger partial charge is 0.460 e. The lowest BCUT2D eigenvalue weighted by Gasteiger charge is -2.13. The van der Waals surface area contributed by atoms with Gasteiger partial charge in [0.2, 0.25) is 0 Å². The van der Waals surface area contributed by atoms with Crippen molar-refractivity contribution < 1.29 is 19.4 Å². The summed E-state index contributed by atoms with van der Waals surface area (Å²) < 4.78 is 10.4. The van der Waals surface area contributed by atoms with Gasteiger partial charge in [0.15, 0.2) is 0 Å². The zero-order valence-electron chi connectivity index (χ0n) is 6.90. The Hall–Kier alpha value is -0.610. The highest BCUT2D eigenvalue weighted by Gasteiger charge is 2.49. The zero-order chi connectivity index (χ0) is 8.72. The van der Waals surface area contributed by atoms with Gasteiger partial charge in [-0.1, -0.05) is 0 Å². The van der Waals surface area contributed by atoms with Gasteiger partial charge < -0.3 is 14.6 Å². The molecule has 0 aromatic heterocycles. The number of carbonyl (C=O) groups is 1. The quantitative estimate of drug-likeness (QED) is 0.551. The SMILES string of the molecule is CC1OC(=O)C2CC(CO)OC12. The molecule has 2 aliphatic rings. The molecule has 2 fully saturated rings. The lowest BCUT2D eigenvalue weighted by atomic mass is 10.00. The molecule has 0 spiro atoms. The number of ether oxygens (including phenoxy) is 2. The summed E-state index contributed by atoms with van der Waals surface area (Å²) in [5.74, 6) is -0.319. The lowest BCUT2D eigenvalue weighted by molar-refractivity contribution is -0.145. The maximum Gasteiger partial charge on any atom is 0.312 e. The van der Waals surface area contributed by atoms with Crippen LogP contribution in [0.1, 0.15) is 13.3 Å². The fourth-order valence-corrected chi connectivity index (χ4v) is 1.91. The number of hydrogen-bond acceptors (Lipinski definition) is 4. The molecule has 0 aromatic rings. The van der Waals surface area contributed by atoms with Crippen LogP contribution in [0.25, 0.3) is 0 Å². The van der Waals surface area contributed by atoms with Crippen molar-refractivity contribution in [1.82, 2.24) is 0 Å². The van der Waals surface area contributed by atoms with Gasteiger partial charge in [-0.15, -0.1) is 0 Å². The van der Waals surface area contributed by atoms with Gasteiger partial charge in [0.05, 0.1) is 18.6 Å². The van der Waals surface area contributed by atoms with Gasteiger partial charge in [0, 0.05) is 0 Å². The highest BCUT2D eigenvalue weighted by molar-refractivity contribution is 5.76. The molecule has 0 aromatic carbocycles. The summed E-state index contributed by atoms with van der Waals surface area (Å²) in [5, 5.41) is 8.82. The third-order valence-electron chi connectivity index (χ3n) is 2.53. The molecule has 2 saturated heterocycles. The lowest BCUT2D eigenvalue weighted by Crippen LogP contribution is -2.23. The summed E-state index contributed by atoms with van der Waals surface area (Å²) in [6, 6.07) is 0. The highest BCUT2D eigenvalue weighted by Crippen LogP contribution is 2.35. The standard InChI is InChI=1S/C8H12O4/c1-4-7-6(8(10)11-4)2-5(3-9)12-7/h4-7,9H,2-3H2,1H3. The van der Waals surface area contributed by atoms with Crippen LogP contribution in [-0.4, -0.2) is 36.0 Å². The number of cyclic esters (lactones) is 1. The van der Waals surface area contributed by atoms with E-state index in [9.17, 15) is 4.79 Å². The van der Waals surface area contributed by atoms with Crippen LogP contribution >= 0.6 is 0 Å². The molecule has 2 aliphatic heterocycles. The van der Waals surface area contributed by atoms with E-state index in [0.29, 0.717) is 6.42 Å². The van der Waals surface area contributed by atoms with E-state index in [4.69, 9.17) is 14.6 Å². The number of fused-ring (bicyclic) bond motifs is 1. The van der Waals surface area contributed by atoms with Crippen LogP contribution in [0.3, 0.4) is 0 Å². The summed E-state index contributed by atoms with van der Waals surface area (Å²) in [4.78, 5) is 11.1. The Morgan fingerprint density at radius 3 is 3.00 bits per heavy atom. The van der Waals surface area contributed by atoms with Crippen LogP contribution in [0.5, 0.6) is 0 Å². The molecular weight excluding hydrogens is 160 g/mol. The summed E-state index contributed by atoms with van der Waals surface area (Å²) in [6.45, 7) is 1.81. The van der Waals surface area contributed by atoms with Crippen molar-refractivity contribution in [2.24, 2.45) is 5.92 Å². The van der Waals surface area contributed by atoms with E-state index in [-0.39, 0.29) is 36.8 Å². The smallest absolute Gasteiger partial charge is 0.312 e. The summed E-state index contributed by atoms with van der Waals surface area (Å²) >= 11 is 0. The molecule has 4 atom stereocenters. The van der Waals surface area contributed by atoms with Crippen LogP contribution in [-0.2, 0) is 14.3 Å². The molecular formula is C8H12O4. The van der Waals surface area contributed by atoms with Crippen molar-refractivity contribution in [3.63, 3.8) is 0 Å². The molecule has 2 rings (SSSR count). The molecule has 0 radical (unpaired) electrons. The molecule has 0 saturated carbocycles. The number of carbonyl (C=O) groups excluding carboxylic acids is 1. The van der Waals surface area contributed by atoms with E-state index in [1.165, 1.54) is 0 Å². The average molecular weight is 172 g/mol. The van der Waals surface area contributed by atoms with Crippen LogP contribution < -0.4 is 0 Å². The predicted octanol–water partition coefficient (Wildman–Crippen LogP) is -0.302. The summed E-state index contributed by atoms with van der Waals surface area (Å²) in [6.07, 6.45) is 0.147. The Bertz CT molecular complexity index is 203. The Morgan fingerprint density at radius 2 is 2.42 bits per heavy atom. The van der Waals surface area contributed by atoms with Gasteiger partial charge in [-0.25, -0.2) is 0 Å². The number of aliphatic hydroxyl groups excluding tert-OH is 1. The van der Waals surface area contributed by atoms with E-state index in [1.807, 2.05) is 6.92 Å². The molecule has 68 valence electrons. The van der Waals surface area contributed by atoms with Gasteiger partial charge in [-0.05, 0) is 13.3 Å². The van der Waals surface area contributed by atoms with Gasteiger partial charge in [-0.2, -0.15) is 0 Å². The number of hydrogen-bond donors (Lipinski definition) is 1. The van der Waals surface area contributed by atoms with Crippen molar-refractivity contribution in [3.05, 3.63) is 0 Å². The van der Waals surface area contributed by atoms with Crippen LogP contribution in [0, 0.1) is 5.92 Å². The van der Waals surface area contributed by atoms with Crippen LogP contribution in [0.15, 0.2) is 0 Å². The summed E-state index contributed by atoms with van der Waals surface area (Å²) in [7, 11) is 0. The molecule has 4 heteroatoms. The number of aliphatic hydroxyl groups is 1. The molecule has 12 heavy (non-hydrogen) atoms. The molecule has 0 bridgehead atoms. The molecule has 0 aliphatic carbocycles. The number of rotatable bonds is 1. The topological polar surface area (TPSA) is 55.8 Å². The maximum atomic E-state index is 11.1. The average Bonchev–Trinajstić information content (AvgIpc) is 2.55. The Kier molecular flexibility index (Phi) is 1.81. The van der Waals surface area contributed by atoms with Crippen LogP contribution in [0.4, 0.5) is 0 Å². The molecule has 1 N–H and O–H groups in total. The minimum absolute atomic E-state index is 0.00694. The van der Waals surface area contributed by atoms with Gasteiger partial charge in [-0.3, -0.25) is 4.79 Å². The van der Waals surface area contributed by atoms with Crippen molar-refractivity contribution in [1.29, 1.82) is 0 Å². The second-order valence-corrected chi connectivity index (χ2v) is 3.39. The molecule has 4 nitrogen and oxygen atoms in total. The minimum atomic E-state index is -0.177. The fraction of sp³-hybridized carbons (Fsp3) is 0.875. The first-order valence-electron chi connectivity index (χ1n) is 4.19. The fourth-order valence-electron chi connectivity index (χ4n) is 1.91. The first kappa shape index (κ1) is 8.01.